The monoisotopic (exact) mass is 320 g/mol. The lowest BCUT2D eigenvalue weighted by Gasteiger charge is -2.31. The number of aromatic nitrogens is 1. The summed E-state index contributed by atoms with van der Waals surface area (Å²) in [7, 11) is 0. The number of thioether (sulfide) groups is 1. The Morgan fingerprint density at radius 1 is 1.48 bits per heavy atom. The first-order valence-electron chi connectivity index (χ1n) is 7.15. The Morgan fingerprint density at radius 3 is 3.10 bits per heavy atom. The Bertz CT molecular complexity index is 676. The van der Waals surface area contributed by atoms with Gasteiger partial charge in [-0.3, -0.25) is 4.79 Å². The maximum atomic E-state index is 12.7. The van der Waals surface area contributed by atoms with E-state index in [1.807, 2.05) is 40.9 Å². The second-order valence-corrected chi connectivity index (χ2v) is 6.97. The molecule has 0 bridgehead atoms. The minimum Gasteiger partial charge on any atom is -0.335 e. The highest BCUT2D eigenvalue weighted by molar-refractivity contribution is 8.00. The lowest BCUT2D eigenvalue weighted by Crippen LogP contribution is -2.42. The maximum Gasteiger partial charge on any atom is 0.272 e. The molecule has 0 N–H and O–H groups in total. The quantitative estimate of drug-likeness (QED) is 0.842. The smallest absolute Gasteiger partial charge is 0.272 e. The number of rotatable bonds is 2. The molecule has 0 spiro atoms. The molecular weight excluding hydrogens is 304 g/mol. The number of carbonyl (C=O) groups is 1. The third-order valence-electron chi connectivity index (χ3n) is 3.77. The summed E-state index contributed by atoms with van der Waals surface area (Å²) in [6.07, 6.45) is 1.08. The van der Waals surface area contributed by atoms with E-state index in [2.05, 4.69) is 11.9 Å². The predicted molar refractivity (Wildman–Crippen MR) is 89.2 cm³/mol. The summed E-state index contributed by atoms with van der Waals surface area (Å²) in [6, 6.07) is 9.33. The van der Waals surface area contributed by atoms with Gasteiger partial charge in [-0.2, -0.15) is 11.8 Å². The van der Waals surface area contributed by atoms with Gasteiger partial charge in [0.1, 0.15) is 5.69 Å². The molecule has 1 aliphatic rings. The molecule has 1 atom stereocenters. The van der Waals surface area contributed by atoms with Crippen molar-refractivity contribution in [3.8, 4) is 0 Å². The van der Waals surface area contributed by atoms with Crippen LogP contribution < -0.4 is 0 Å². The first kappa shape index (κ1) is 14.7. The minimum absolute atomic E-state index is 0.0126. The second kappa shape index (κ2) is 6.24. The molecule has 1 aromatic heterocycles. The van der Waals surface area contributed by atoms with Crippen LogP contribution in [0.3, 0.4) is 0 Å². The van der Waals surface area contributed by atoms with Crippen LogP contribution in [0.2, 0.25) is 5.02 Å². The summed E-state index contributed by atoms with van der Waals surface area (Å²) < 4.78 is 0. The first-order valence-corrected chi connectivity index (χ1v) is 8.58. The van der Waals surface area contributed by atoms with Gasteiger partial charge in [0.15, 0.2) is 0 Å². The van der Waals surface area contributed by atoms with Crippen LogP contribution in [0.5, 0.6) is 0 Å². The Labute approximate surface area is 133 Å². The van der Waals surface area contributed by atoms with E-state index in [1.165, 1.54) is 0 Å². The zero-order chi connectivity index (χ0) is 14.8. The van der Waals surface area contributed by atoms with E-state index < -0.39 is 0 Å². The molecule has 1 fully saturated rings. The van der Waals surface area contributed by atoms with Gasteiger partial charge in [-0.05, 0) is 18.6 Å². The van der Waals surface area contributed by atoms with Crippen molar-refractivity contribution in [2.45, 2.75) is 18.6 Å². The van der Waals surface area contributed by atoms with Crippen LogP contribution in [-0.2, 0) is 0 Å². The number of nitrogens with zero attached hydrogens (tertiary/aromatic N) is 2. The van der Waals surface area contributed by atoms with Crippen LogP contribution >= 0.6 is 23.4 Å². The van der Waals surface area contributed by atoms with E-state index >= 15 is 0 Å². The Balaban J connectivity index is 1.91. The molecule has 1 aliphatic heterocycles. The molecule has 1 saturated heterocycles. The molecule has 3 nitrogen and oxygen atoms in total. The third-order valence-corrected chi connectivity index (χ3v) is 5.45. The van der Waals surface area contributed by atoms with E-state index in [0.29, 0.717) is 16.0 Å². The van der Waals surface area contributed by atoms with Gasteiger partial charge in [-0.25, -0.2) is 4.98 Å². The molecule has 1 aromatic carbocycles. The van der Waals surface area contributed by atoms with Crippen LogP contribution in [0.25, 0.3) is 10.9 Å². The minimum atomic E-state index is -0.0126. The fourth-order valence-corrected chi connectivity index (χ4v) is 4.00. The van der Waals surface area contributed by atoms with E-state index in [0.717, 1.165) is 36.2 Å². The number of hydrogen-bond acceptors (Lipinski definition) is 3. The van der Waals surface area contributed by atoms with Gasteiger partial charge in [0.05, 0.1) is 10.5 Å². The van der Waals surface area contributed by atoms with Crippen molar-refractivity contribution in [1.29, 1.82) is 0 Å². The van der Waals surface area contributed by atoms with E-state index in [9.17, 15) is 4.79 Å². The molecule has 5 heteroatoms. The number of halogens is 1. The molecule has 1 amide bonds. The zero-order valence-electron chi connectivity index (χ0n) is 11.9. The van der Waals surface area contributed by atoms with E-state index in [4.69, 9.17) is 11.6 Å². The van der Waals surface area contributed by atoms with Crippen LogP contribution in [0.1, 0.15) is 23.8 Å². The van der Waals surface area contributed by atoms with Gasteiger partial charge in [-0.15, -0.1) is 0 Å². The van der Waals surface area contributed by atoms with Gasteiger partial charge in [0.2, 0.25) is 0 Å². The summed E-state index contributed by atoms with van der Waals surface area (Å²) in [6.45, 7) is 3.75. The molecule has 0 aliphatic carbocycles. The van der Waals surface area contributed by atoms with Crippen molar-refractivity contribution in [2.75, 3.05) is 18.8 Å². The van der Waals surface area contributed by atoms with Crippen molar-refractivity contribution < 1.29 is 4.79 Å². The van der Waals surface area contributed by atoms with E-state index in [-0.39, 0.29) is 5.91 Å². The van der Waals surface area contributed by atoms with Gasteiger partial charge in [0, 0.05) is 29.5 Å². The third kappa shape index (κ3) is 3.01. The van der Waals surface area contributed by atoms with Crippen molar-refractivity contribution in [3.63, 3.8) is 0 Å². The lowest BCUT2D eigenvalue weighted by atomic mass is 10.2. The first-order chi connectivity index (χ1) is 10.2. The highest BCUT2D eigenvalue weighted by Gasteiger charge is 2.25. The van der Waals surface area contributed by atoms with Crippen molar-refractivity contribution in [1.82, 2.24) is 9.88 Å². The van der Waals surface area contributed by atoms with Crippen LogP contribution in [-0.4, -0.2) is 39.9 Å². The van der Waals surface area contributed by atoms with Crippen molar-refractivity contribution in [3.05, 3.63) is 41.0 Å². The summed E-state index contributed by atoms with van der Waals surface area (Å²) in [5.74, 6) is 0.979. The van der Waals surface area contributed by atoms with Gasteiger partial charge in [0.25, 0.3) is 5.91 Å². The number of benzene rings is 1. The fourth-order valence-electron chi connectivity index (χ4n) is 2.56. The van der Waals surface area contributed by atoms with Gasteiger partial charge >= 0.3 is 0 Å². The Morgan fingerprint density at radius 2 is 2.29 bits per heavy atom. The highest BCUT2D eigenvalue weighted by atomic mass is 35.5. The highest BCUT2D eigenvalue weighted by Crippen LogP contribution is 2.25. The van der Waals surface area contributed by atoms with Crippen molar-refractivity contribution >= 4 is 40.2 Å². The van der Waals surface area contributed by atoms with Gasteiger partial charge in [-0.1, -0.05) is 36.7 Å². The maximum absolute atomic E-state index is 12.7. The average molecular weight is 321 g/mol. The zero-order valence-corrected chi connectivity index (χ0v) is 13.5. The molecule has 110 valence electrons. The normalized spacial score (nSPS) is 19.0. The Kier molecular flexibility index (Phi) is 4.36. The Hall–Kier alpha value is -1.26. The predicted octanol–water partition coefficient (Wildman–Crippen LogP) is 3.86. The number of para-hydroxylation sites is 1. The number of hydrogen-bond donors (Lipinski definition) is 0. The van der Waals surface area contributed by atoms with Crippen LogP contribution in [0, 0.1) is 0 Å². The molecule has 2 aromatic rings. The molecule has 0 saturated carbocycles. The summed E-state index contributed by atoms with van der Waals surface area (Å²) in [4.78, 5) is 19.0. The average Bonchev–Trinajstić information content (AvgIpc) is 2.54. The SMILES string of the molecule is CCC1CN(C(=O)c2cc(Cl)c3ccccc3n2)CCS1. The topological polar surface area (TPSA) is 33.2 Å². The van der Waals surface area contributed by atoms with Crippen LogP contribution in [0.4, 0.5) is 0 Å². The summed E-state index contributed by atoms with van der Waals surface area (Å²) >= 11 is 8.23. The number of amides is 1. The van der Waals surface area contributed by atoms with E-state index in [1.54, 1.807) is 6.07 Å². The molecule has 3 rings (SSSR count). The number of fused-ring (bicyclic) bond motifs is 1. The number of carbonyl (C=O) groups excluding carboxylic acids is 1. The molecule has 0 radical (unpaired) electrons. The largest absolute Gasteiger partial charge is 0.335 e. The summed E-state index contributed by atoms with van der Waals surface area (Å²) in [5.41, 5.74) is 1.22. The molecule has 2 heterocycles. The van der Waals surface area contributed by atoms with Gasteiger partial charge < -0.3 is 4.90 Å². The van der Waals surface area contributed by atoms with Crippen molar-refractivity contribution in [2.24, 2.45) is 0 Å². The lowest BCUT2D eigenvalue weighted by molar-refractivity contribution is 0.0755. The second-order valence-electron chi connectivity index (χ2n) is 5.16. The standard InChI is InChI=1S/C16H17ClN2OS/c1-2-11-10-19(7-8-21-11)16(20)15-9-13(17)12-5-3-4-6-14(12)18-15/h3-6,9,11H,2,7-8,10H2,1H3. The molecule has 1 unspecified atom stereocenters. The number of pyridine rings is 1. The molecule has 21 heavy (non-hydrogen) atoms. The fraction of sp³-hybridized carbons (Fsp3) is 0.375. The summed E-state index contributed by atoms with van der Waals surface area (Å²) in [5, 5.41) is 2.00. The molecular formula is C16H17ClN2OS. The van der Waals surface area contributed by atoms with Crippen LogP contribution in [0.15, 0.2) is 30.3 Å².